The minimum absolute atomic E-state index is 0.134. The summed E-state index contributed by atoms with van der Waals surface area (Å²) < 4.78 is 6.31. The summed E-state index contributed by atoms with van der Waals surface area (Å²) in [6.07, 6.45) is 0. The molecular formula is C21H27NO2Si. The standard InChI is InChI=1S/C21H27NO2Si/c1-21(2,3)25(4,5)24-15-16-8-6-9-17(12-16)19-11-7-10-18(14-23)20(19)13-22/h6-12,23H,14-15H2,1-5H3. The Labute approximate surface area is 152 Å². The zero-order chi connectivity index (χ0) is 18.7. The number of hydrogen-bond donors (Lipinski definition) is 1. The van der Waals surface area contributed by atoms with Gasteiger partial charge in [-0.05, 0) is 46.5 Å². The molecule has 0 aromatic heterocycles. The van der Waals surface area contributed by atoms with E-state index in [9.17, 15) is 10.4 Å². The first-order chi connectivity index (χ1) is 11.7. The number of benzene rings is 2. The first kappa shape index (κ1) is 19.4. The van der Waals surface area contributed by atoms with E-state index in [0.29, 0.717) is 17.7 Å². The van der Waals surface area contributed by atoms with Crippen molar-refractivity contribution in [1.82, 2.24) is 0 Å². The molecule has 0 unspecified atom stereocenters. The smallest absolute Gasteiger partial charge is 0.192 e. The van der Waals surface area contributed by atoms with Gasteiger partial charge in [-0.25, -0.2) is 0 Å². The van der Waals surface area contributed by atoms with E-state index in [1.165, 1.54) is 0 Å². The molecule has 1 N–H and O–H groups in total. The van der Waals surface area contributed by atoms with Crippen LogP contribution in [-0.4, -0.2) is 13.4 Å². The van der Waals surface area contributed by atoms with Crippen molar-refractivity contribution < 1.29 is 9.53 Å². The molecule has 0 heterocycles. The predicted molar refractivity (Wildman–Crippen MR) is 105 cm³/mol. The highest BCUT2D eigenvalue weighted by Gasteiger charge is 2.37. The summed E-state index contributed by atoms with van der Waals surface area (Å²) in [4.78, 5) is 0. The second kappa shape index (κ2) is 7.53. The van der Waals surface area contributed by atoms with Crippen LogP contribution in [0.2, 0.25) is 18.1 Å². The predicted octanol–water partition coefficient (Wildman–Crippen LogP) is 5.24. The Hall–Kier alpha value is -1.93. The van der Waals surface area contributed by atoms with Gasteiger partial charge in [-0.15, -0.1) is 0 Å². The molecule has 3 nitrogen and oxygen atoms in total. The highest BCUT2D eigenvalue weighted by molar-refractivity contribution is 6.74. The molecule has 2 aromatic rings. The second-order valence-electron chi connectivity index (χ2n) is 7.86. The SMILES string of the molecule is CC(C)(C)[Si](C)(C)OCc1cccc(-c2cccc(CO)c2C#N)c1. The van der Waals surface area contributed by atoms with Crippen LogP contribution in [0.4, 0.5) is 0 Å². The van der Waals surface area contributed by atoms with Crippen LogP contribution in [0.1, 0.15) is 37.5 Å². The van der Waals surface area contributed by atoms with E-state index in [1.54, 1.807) is 6.07 Å². The molecule has 132 valence electrons. The van der Waals surface area contributed by atoms with Gasteiger partial charge >= 0.3 is 0 Å². The summed E-state index contributed by atoms with van der Waals surface area (Å²) in [5.74, 6) is 0. The highest BCUT2D eigenvalue weighted by Crippen LogP contribution is 2.37. The number of hydrogen-bond acceptors (Lipinski definition) is 3. The quantitative estimate of drug-likeness (QED) is 0.748. The maximum absolute atomic E-state index is 9.48. The van der Waals surface area contributed by atoms with E-state index in [2.05, 4.69) is 52.1 Å². The molecular weight excluding hydrogens is 326 g/mol. The third kappa shape index (κ3) is 4.38. The fraction of sp³-hybridized carbons (Fsp3) is 0.381. The molecule has 0 aliphatic carbocycles. The molecule has 4 heteroatoms. The number of nitrogens with zero attached hydrogens (tertiary/aromatic N) is 1. The maximum atomic E-state index is 9.48. The van der Waals surface area contributed by atoms with Crippen LogP contribution in [0.3, 0.4) is 0 Å². The molecule has 0 bridgehead atoms. The monoisotopic (exact) mass is 353 g/mol. The van der Waals surface area contributed by atoms with Crippen molar-refractivity contribution in [2.45, 2.75) is 52.1 Å². The second-order valence-corrected chi connectivity index (χ2v) is 12.7. The van der Waals surface area contributed by atoms with Gasteiger partial charge in [-0.2, -0.15) is 5.26 Å². The molecule has 0 saturated carbocycles. The van der Waals surface area contributed by atoms with Crippen molar-refractivity contribution in [3.05, 3.63) is 59.2 Å². The Bertz CT molecular complexity index is 785. The van der Waals surface area contributed by atoms with Crippen LogP contribution >= 0.6 is 0 Å². The summed E-state index contributed by atoms with van der Waals surface area (Å²) in [6, 6.07) is 15.9. The van der Waals surface area contributed by atoms with Crippen LogP contribution in [-0.2, 0) is 17.6 Å². The molecule has 2 rings (SSSR count). The van der Waals surface area contributed by atoms with Crippen LogP contribution in [0.5, 0.6) is 0 Å². The van der Waals surface area contributed by atoms with Gasteiger partial charge in [0.15, 0.2) is 8.32 Å². The fourth-order valence-electron chi connectivity index (χ4n) is 2.41. The Kier molecular flexibility index (Phi) is 5.84. The Morgan fingerprint density at radius 3 is 2.40 bits per heavy atom. The van der Waals surface area contributed by atoms with Gasteiger partial charge < -0.3 is 9.53 Å². The number of nitriles is 1. The molecule has 0 saturated heterocycles. The number of rotatable bonds is 5. The van der Waals surface area contributed by atoms with Crippen molar-refractivity contribution >= 4 is 8.32 Å². The van der Waals surface area contributed by atoms with Crippen molar-refractivity contribution in [1.29, 1.82) is 5.26 Å². The topological polar surface area (TPSA) is 53.2 Å². The van der Waals surface area contributed by atoms with Crippen molar-refractivity contribution in [2.75, 3.05) is 0 Å². The summed E-state index contributed by atoms with van der Waals surface area (Å²) >= 11 is 0. The Morgan fingerprint density at radius 2 is 1.80 bits per heavy atom. The van der Waals surface area contributed by atoms with Crippen LogP contribution < -0.4 is 0 Å². The lowest BCUT2D eigenvalue weighted by molar-refractivity contribution is 0.276. The average Bonchev–Trinajstić information content (AvgIpc) is 2.58. The molecule has 0 atom stereocenters. The zero-order valence-electron chi connectivity index (χ0n) is 15.8. The van der Waals surface area contributed by atoms with Crippen molar-refractivity contribution in [2.24, 2.45) is 0 Å². The lowest BCUT2D eigenvalue weighted by Crippen LogP contribution is -2.40. The maximum Gasteiger partial charge on any atom is 0.192 e. The highest BCUT2D eigenvalue weighted by atomic mass is 28.4. The third-order valence-electron chi connectivity index (χ3n) is 5.08. The van der Waals surface area contributed by atoms with Gasteiger partial charge in [0, 0.05) is 0 Å². The minimum Gasteiger partial charge on any atom is -0.413 e. The van der Waals surface area contributed by atoms with E-state index in [1.807, 2.05) is 24.3 Å². The van der Waals surface area contributed by atoms with Gasteiger partial charge in [0.1, 0.15) is 6.07 Å². The van der Waals surface area contributed by atoms with Gasteiger partial charge in [-0.3, -0.25) is 0 Å². The summed E-state index contributed by atoms with van der Waals surface area (Å²) in [5.41, 5.74) is 4.11. The first-order valence-corrected chi connectivity index (χ1v) is 11.5. The van der Waals surface area contributed by atoms with Gasteiger partial charge in [0.25, 0.3) is 0 Å². The van der Waals surface area contributed by atoms with E-state index in [4.69, 9.17) is 4.43 Å². The van der Waals surface area contributed by atoms with E-state index >= 15 is 0 Å². The fourth-order valence-corrected chi connectivity index (χ4v) is 3.37. The summed E-state index contributed by atoms with van der Waals surface area (Å²) in [7, 11) is -1.80. The molecule has 0 fully saturated rings. The number of aliphatic hydroxyl groups is 1. The normalized spacial score (nSPS) is 12.0. The van der Waals surface area contributed by atoms with Gasteiger partial charge in [-0.1, -0.05) is 57.2 Å². The lowest BCUT2D eigenvalue weighted by Gasteiger charge is -2.36. The van der Waals surface area contributed by atoms with E-state index < -0.39 is 8.32 Å². The first-order valence-electron chi connectivity index (χ1n) is 8.56. The minimum atomic E-state index is -1.80. The zero-order valence-corrected chi connectivity index (χ0v) is 16.8. The molecule has 2 aromatic carbocycles. The van der Waals surface area contributed by atoms with Crippen molar-refractivity contribution in [3.8, 4) is 17.2 Å². The molecule has 0 amide bonds. The Balaban J connectivity index is 2.31. The third-order valence-corrected chi connectivity index (χ3v) is 9.56. The van der Waals surface area contributed by atoms with Crippen LogP contribution in [0.25, 0.3) is 11.1 Å². The molecule has 25 heavy (non-hydrogen) atoms. The summed E-state index contributed by atoms with van der Waals surface area (Å²) in [5, 5.41) is 19.1. The largest absolute Gasteiger partial charge is 0.413 e. The van der Waals surface area contributed by atoms with Gasteiger partial charge in [0.05, 0.1) is 18.8 Å². The number of aliphatic hydroxyl groups excluding tert-OH is 1. The lowest BCUT2D eigenvalue weighted by atomic mass is 9.95. The van der Waals surface area contributed by atoms with Crippen molar-refractivity contribution in [3.63, 3.8) is 0 Å². The summed E-state index contributed by atoms with van der Waals surface area (Å²) in [6.45, 7) is 11.6. The van der Waals surface area contributed by atoms with E-state index in [-0.39, 0.29) is 11.6 Å². The average molecular weight is 354 g/mol. The van der Waals surface area contributed by atoms with Crippen LogP contribution in [0, 0.1) is 11.3 Å². The van der Waals surface area contributed by atoms with Crippen LogP contribution in [0.15, 0.2) is 42.5 Å². The Morgan fingerprint density at radius 1 is 1.12 bits per heavy atom. The molecule has 0 spiro atoms. The molecule has 0 aliphatic rings. The van der Waals surface area contributed by atoms with Gasteiger partial charge in [0.2, 0.25) is 0 Å². The molecule has 0 radical (unpaired) electrons. The van der Waals surface area contributed by atoms with E-state index in [0.717, 1.165) is 16.7 Å². The molecule has 0 aliphatic heterocycles.